The maximum atomic E-state index is 11.2. The molecule has 6 heteroatoms. The van der Waals surface area contributed by atoms with Gasteiger partial charge in [0.25, 0.3) is 5.56 Å². The highest BCUT2D eigenvalue weighted by molar-refractivity contribution is 7.86. The first kappa shape index (κ1) is 9.79. The molecule has 1 aromatic rings. The Bertz CT molecular complexity index is 460. The highest BCUT2D eigenvalue weighted by atomic mass is 32.2. The molecule has 0 aliphatic carbocycles. The molecule has 0 fully saturated rings. The van der Waals surface area contributed by atoms with E-state index >= 15 is 0 Å². The molecule has 0 aliphatic rings. The fourth-order valence-corrected chi connectivity index (χ4v) is 1.25. The minimum Gasteiger partial charge on any atom is -0.377 e. The van der Waals surface area contributed by atoms with Gasteiger partial charge in [-0.1, -0.05) is 0 Å². The summed E-state index contributed by atoms with van der Waals surface area (Å²) in [5, 5.41) is 0. The molecule has 1 aromatic heterocycles. The maximum Gasteiger partial charge on any atom is 0.306 e. The summed E-state index contributed by atoms with van der Waals surface area (Å²) in [5.41, 5.74) is -0.479. The Morgan fingerprint density at radius 2 is 2.08 bits per heavy atom. The Morgan fingerprint density at radius 1 is 1.46 bits per heavy atom. The highest BCUT2D eigenvalue weighted by Crippen LogP contribution is 2.03. The molecule has 13 heavy (non-hydrogen) atoms. The van der Waals surface area contributed by atoms with Crippen LogP contribution in [0.25, 0.3) is 0 Å². The average Bonchev–Trinajstić information content (AvgIpc) is 1.96. The molecule has 0 saturated heterocycles. The van der Waals surface area contributed by atoms with Gasteiger partial charge in [0.05, 0.1) is 6.26 Å². The van der Waals surface area contributed by atoms with Crippen LogP contribution in [-0.4, -0.2) is 19.2 Å². The van der Waals surface area contributed by atoms with Gasteiger partial charge < -0.3 is 8.75 Å². The topological polar surface area (TPSA) is 65.4 Å². The number of aromatic nitrogens is 1. The first-order valence-electron chi connectivity index (χ1n) is 3.45. The molecule has 0 aliphatic heterocycles. The van der Waals surface area contributed by atoms with Crippen LogP contribution in [0.15, 0.2) is 23.1 Å². The molecule has 0 unspecified atom stereocenters. The van der Waals surface area contributed by atoms with E-state index in [4.69, 9.17) is 0 Å². The zero-order chi connectivity index (χ0) is 10.1. The minimum atomic E-state index is -3.63. The summed E-state index contributed by atoms with van der Waals surface area (Å²) < 4.78 is 27.1. The largest absolute Gasteiger partial charge is 0.377 e. The number of aryl methyl sites for hydroxylation is 1. The lowest BCUT2D eigenvalue weighted by molar-refractivity contribution is 0.486. The molecule has 0 N–H and O–H groups in total. The zero-order valence-corrected chi connectivity index (χ0v) is 8.04. The molecule has 72 valence electrons. The summed E-state index contributed by atoms with van der Waals surface area (Å²) in [6.45, 7) is 0. The van der Waals surface area contributed by atoms with Gasteiger partial charge in [-0.2, -0.15) is 8.42 Å². The van der Waals surface area contributed by atoms with Crippen molar-refractivity contribution >= 4 is 10.1 Å². The van der Waals surface area contributed by atoms with Gasteiger partial charge in [-0.15, -0.1) is 0 Å². The van der Waals surface area contributed by atoms with Crippen LogP contribution in [0.4, 0.5) is 0 Å². The van der Waals surface area contributed by atoms with Crippen molar-refractivity contribution in [1.29, 1.82) is 0 Å². The summed E-state index contributed by atoms with van der Waals surface area (Å²) in [6.07, 6.45) is 2.40. The smallest absolute Gasteiger partial charge is 0.306 e. The fraction of sp³-hybridized carbons (Fsp3) is 0.286. The lowest BCUT2D eigenvalue weighted by Gasteiger charge is -2.02. The Balaban J connectivity index is 3.18. The number of rotatable bonds is 2. The van der Waals surface area contributed by atoms with Gasteiger partial charge >= 0.3 is 10.1 Å². The van der Waals surface area contributed by atoms with E-state index in [2.05, 4.69) is 4.18 Å². The van der Waals surface area contributed by atoms with Crippen LogP contribution >= 0.6 is 0 Å². The van der Waals surface area contributed by atoms with Gasteiger partial charge in [0.2, 0.25) is 5.75 Å². The molecule has 1 rings (SSSR count). The predicted molar refractivity (Wildman–Crippen MR) is 47.2 cm³/mol. The second-order valence-corrected chi connectivity index (χ2v) is 4.15. The average molecular weight is 203 g/mol. The van der Waals surface area contributed by atoms with Crippen molar-refractivity contribution in [2.45, 2.75) is 0 Å². The summed E-state index contributed by atoms with van der Waals surface area (Å²) in [4.78, 5) is 11.2. The third-order valence-electron chi connectivity index (χ3n) is 1.33. The van der Waals surface area contributed by atoms with E-state index < -0.39 is 15.7 Å². The summed E-state index contributed by atoms with van der Waals surface area (Å²) in [6, 6.07) is 2.84. The van der Waals surface area contributed by atoms with Gasteiger partial charge in [0.1, 0.15) is 0 Å². The Hall–Kier alpha value is -1.30. The van der Waals surface area contributed by atoms with Crippen molar-refractivity contribution in [3.05, 3.63) is 28.7 Å². The van der Waals surface area contributed by atoms with Crippen LogP contribution in [-0.2, 0) is 17.2 Å². The third kappa shape index (κ3) is 2.59. The second kappa shape index (κ2) is 3.21. The monoisotopic (exact) mass is 203 g/mol. The van der Waals surface area contributed by atoms with Crippen molar-refractivity contribution in [3.8, 4) is 5.75 Å². The molecule has 0 aromatic carbocycles. The molecule has 1 heterocycles. The van der Waals surface area contributed by atoms with E-state index in [1.165, 1.54) is 29.9 Å². The molecule has 5 nitrogen and oxygen atoms in total. The third-order valence-corrected chi connectivity index (χ3v) is 1.81. The van der Waals surface area contributed by atoms with Crippen molar-refractivity contribution in [1.82, 2.24) is 4.57 Å². The standard InChI is InChI=1S/C7H9NO4S/c1-8-5-3-4-6(7(8)9)12-13(2,10)11/h3-5H,1-2H3. The normalized spacial score (nSPS) is 11.2. The molecule has 0 spiro atoms. The number of hydrogen-bond acceptors (Lipinski definition) is 4. The van der Waals surface area contributed by atoms with Gasteiger partial charge in [-0.3, -0.25) is 4.79 Å². The Labute approximate surface area is 75.7 Å². The van der Waals surface area contributed by atoms with Crippen LogP contribution < -0.4 is 9.74 Å². The highest BCUT2D eigenvalue weighted by Gasteiger charge is 2.08. The van der Waals surface area contributed by atoms with Crippen LogP contribution in [0.3, 0.4) is 0 Å². The van der Waals surface area contributed by atoms with Crippen LogP contribution in [0.1, 0.15) is 0 Å². The van der Waals surface area contributed by atoms with Gasteiger partial charge in [-0.05, 0) is 12.1 Å². The van der Waals surface area contributed by atoms with Crippen LogP contribution in [0.5, 0.6) is 5.75 Å². The van der Waals surface area contributed by atoms with Crippen molar-refractivity contribution < 1.29 is 12.6 Å². The lowest BCUT2D eigenvalue weighted by Crippen LogP contribution is -2.20. The molecule has 0 atom stereocenters. The summed E-state index contributed by atoms with van der Waals surface area (Å²) in [5.74, 6) is -0.187. The Kier molecular flexibility index (Phi) is 2.42. The number of nitrogens with zero attached hydrogens (tertiary/aromatic N) is 1. The molecule has 0 amide bonds. The SMILES string of the molecule is Cn1cccc(OS(C)(=O)=O)c1=O. The van der Waals surface area contributed by atoms with Crippen LogP contribution in [0.2, 0.25) is 0 Å². The second-order valence-electron chi connectivity index (χ2n) is 2.58. The molecule has 0 saturated carbocycles. The molecule has 0 bridgehead atoms. The predicted octanol–water partition coefficient (Wildman–Crippen LogP) is -0.276. The van der Waals surface area contributed by atoms with E-state index in [-0.39, 0.29) is 5.75 Å². The summed E-state index contributed by atoms with van der Waals surface area (Å²) >= 11 is 0. The first-order chi connectivity index (χ1) is 5.90. The fourth-order valence-electron chi connectivity index (χ4n) is 0.799. The van der Waals surface area contributed by atoms with Crippen LogP contribution in [0, 0.1) is 0 Å². The Morgan fingerprint density at radius 3 is 2.62 bits per heavy atom. The molecule has 0 radical (unpaired) electrons. The van der Waals surface area contributed by atoms with E-state index in [1.807, 2.05) is 0 Å². The van der Waals surface area contributed by atoms with Gasteiger partial charge in [0, 0.05) is 13.2 Å². The van der Waals surface area contributed by atoms with E-state index in [0.717, 1.165) is 6.26 Å². The quantitative estimate of drug-likeness (QED) is 0.620. The van der Waals surface area contributed by atoms with E-state index in [1.54, 1.807) is 0 Å². The molecular weight excluding hydrogens is 194 g/mol. The zero-order valence-electron chi connectivity index (χ0n) is 7.22. The lowest BCUT2D eigenvalue weighted by atomic mass is 10.4. The van der Waals surface area contributed by atoms with Crippen molar-refractivity contribution in [2.75, 3.05) is 6.26 Å². The van der Waals surface area contributed by atoms with E-state index in [9.17, 15) is 13.2 Å². The maximum absolute atomic E-state index is 11.2. The van der Waals surface area contributed by atoms with Crippen molar-refractivity contribution in [3.63, 3.8) is 0 Å². The first-order valence-corrected chi connectivity index (χ1v) is 5.27. The van der Waals surface area contributed by atoms with Crippen molar-refractivity contribution in [2.24, 2.45) is 7.05 Å². The number of hydrogen-bond donors (Lipinski definition) is 0. The number of pyridine rings is 1. The van der Waals surface area contributed by atoms with Gasteiger partial charge in [-0.25, -0.2) is 0 Å². The van der Waals surface area contributed by atoms with E-state index in [0.29, 0.717) is 0 Å². The minimum absolute atomic E-state index is 0.187. The molecular formula is C7H9NO4S. The summed E-state index contributed by atoms with van der Waals surface area (Å²) in [7, 11) is -2.12. The van der Waals surface area contributed by atoms with Gasteiger partial charge in [0.15, 0.2) is 0 Å².